The van der Waals surface area contributed by atoms with E-state index in [4.69, 9.17) is 4.98 Å². The molecular formula is C22H23N5O2S. The number of piperidine rings is 1. The third-order valence-corrected chi connectivity index (χ3v) is 7.02. The van der Waals surface area contributed by atoms with Crippen molar-refractivity contribution in [3.05, 3.63) is 58.0 Å². The Morgan fingerprint density at radius 3 is 2.93 bits per heavy atom. The first-order valence-corrected chi connectivity index (χ1v) is 11.0. The molecule has 4 aromatic rings. The molecule has 7 nitrogen and oxygen atoms in total. The first-order valence-electron chi connectivity index (χ1n) is 10.2. The number of rotatable bonds is 4. The first kappa shape index (κ1) is 19.0. The summed E-state index contributed by atoms with van der Waals surface area (Å²) in [7, 11) is 0. The van der Waals surface area contributed by atoms with E-state index in [0.717, 1.165) is 42.0 Å². The van der Waals surface area contributed by atoms with Crippen LogP contribution in [-0.4, -0.2) is 44.9 Å². The predicted octanol–water partition coefficient (Wildman–Crippen LogP) is 3.67. The number of hydrogen-bond acceptors (Lipinski definition) is 5. The number of carbonyl (C=O) groups is 1. The van der Waals surface area contributed by atoms with E-state index in [1.165, 1.54) is 4.70 Å². The number of fused-ring (bicyclic) bond motifs is 2. The molecule has 0 unspecified atom stereocenters. The fraction of sp³-hybridized carbons (Fsp3) is 0.318. The minimum atomic E-state index is -0.254. The lowest BCUT2D eigenvalue weighted by atomic mass is 9.97. The van der Waals surface area contributed by atoms with E-state index >= 15 is 0 Å². The first-order chi connectivity index (χ1) is 14.6. The largest absolute Gasteiger partial charge is 0.325 e. The highest BCUT2D eigenvalue weighted by Gasteiger charge is 2.29. The Kier molecular flexibility index (Phi) is 4.88. The van der Waals surface area contributed by atoms with Crippen molar-refractivity contribution in [2.75, 3.05) is 18.4 Å². The molecule has 1 saturated heterocycles. The molecule has 3 N–H and O–H groups in total. The van der Waals surface area contributed by atoms with Crippen LogP contribution in [0.5, 0.6) is 0 Å². The molecular weight excluding hydrogens is 398 g/mol. The zero-order chi connectivity index (χ0) is 20.7. The van der Waals surface area contributed by atoms with Gasteiger partial charge in [-0.25, -0.2) is 9.78 Å². The Balaban J connectivity index is 1.28. The van der Waals surface area contributed by atoms with Gasteiger partial charge in [-0.2, -0.15) is 0 Å². The average Bonchev–Trinajstić information content (AvgIpc) is 3.35. The normalized spacial score (nSPS) is 18.6. The molecule has 0 radical (unpaired) electrons. The van der Waals surface area contributed by atoms with Crippen LogP contribution in [0, 0.1) is 0 Å². The van der Waals surface area contributed by atoms with Crippen molar-refractivity contribution < 1.29 is 4.79 Å². The minimum Gasteiger partial charge on any atom is -0.325 e. The molecule has 2 aromatic carbocycles. The van der Waals surface area contributed by atoms with Gasteiger partial charge in [-0.05, 0) is 56.6 Å². The van der Waals surface area contributed by atoms with E-state index in [1.54, 1.807) is 29.5 Å². The lowest BCUT2D eigenvalue weighted by molar-refractivity contribution is -0.121. The van der Waals surface area contributed by atoms with E-state index in [0.29, 0.717) is 17.1 Å². The van der Waals surface area contributed by atoms with Crippen LogP contribution in [0.2, 0.25) is 0 Å². The molecule has 0 bridgehead atoms. The number of thiazole rings is 1. The van der Waals surface area contributed by atoms with E-state index < -0.39 is 0 Å². The van der Waals surface area contributed by atoms with Gasteiger partial charge in [-0.1, -0.05) is 12.1 Å². The topological polar surface area (TPSA) is 93.9 Å². The number of hydrogen-bond donors (Lipinski definition) is 3. The summed E-state index contributed by atoms with van der Waals surface area (Å²) in [6, 6.07) is 13.4. The maximum absolute atomic E-state index is 12.9. The monoisotopic (exact) mass is 421 g/mol. The molecule has 5 rings (SSSR count). The Morgan fingerprint density at radius 1 is 1.23 bits per heavy atom. The van der Waals surface area contributed by atoms with Gasteiger partial charge in [0.25, 0.3) is 0 Å². The van der Waals surface area contributed by atoms with Crippen molar-refractivity contribution in [1.29, 1.82) is 0 Å². The molecule has 1 aliphatic rings. The van der Waals surface area contributed by atoms with Gasteiger partial charge in [0.15, 0.2) is 0 Å². The van der Waals surface area contributed by atoms with Crippen LogP contribution in [-0.2, 0) is 4.79 Å². The highest BCUT2D eigenvalue weighted by molar-refractivity contribution is 7.18. The van der Waals surface area contributed by atoms with Crippen LogP contribution in [0.15, 0.2) is 47.3 Å². The number of H-pyrrole nitrogens is 2. The van der Waals surface area contributed by atoms with Crippen molar-refractivity contribution in [2.45, 2.75) is 31.7 Å². The Hall–Kier alpha value is -2.97. The number of imidazole rings is 1. The molecule has 1 fully saturated rings. The Bertz CT molecular complexity index is 1240. The van der Waals surface area contributed by atoms with Crippen LogP contribution < -0.4 is 11.0 Å². The van der Waals surface area contributed by atoms with Gasteiger partial charge in [-0.3, -0.25) is 9.69 Å². The van der Waals surface area contributed by atoms with E-state index in [1.807, 2.05) is 19.1 Å². The van der Waals surface area contributed by atoms with Gasteiger partial charge in [0, 0.05) is 18.2 Å². The van der Waals surface area contributed by atoms with Crippen LogP contribution in [0.4, 0.5) is 5.69 Å². The van der Waals surface area contributed by atoms with E-state index in [9.17, 15) is 9.59 Å². The molecule has 154 valence electrons. The van der Waals surface area contributed by atoms with E-state index in [-0.39, 0.29) is 17.6 Å². The molecule has 0 saturated carbocycles. The second-order valence-corrected chi connectivity index (χ2v) is 8.92. The lowest BCUT2D eigenvalue weighted by Crippen LogP contribution is -2.46. The maximum Gasteiger partial charge on any atom is 0.323 e. The summed E-state index contributed by atoms with van der Waals surface area (Å²) in [6.07, 6.45) is 2.15. The minimum absolute atomic E-state index is 0.0443. The number of likely N-dealkylation sites (tertiary alicyclic amines) is 1. The number of carbonyl (C=O) groups excluding carboxylic acids is 1. The number of benzene rings is 2. The number of aromatic nitrogens is 3. The van der Waals surface area contributed by atoms with Gasteiger partial charge in [0.2, 0.25) is 5.91 Å². The SMILES string of the molecule is C[C@@H](C(=O)Nc1ccc2[nH]c(=O)[nH]c2c1)N1CCC[C@H](c2nc3ccccc3s2)C1. The second-order valence-electron chi connectivity index (χ2n) is 7.86. The standard InChI is InChI=1S/C22H23N5O2S/c1-13(20(28)23-15-8-9-16-18(11-15)26-22(29)25-16)27-10-4-5-14(12-27)21-24-17-6-2-3-7-19(17)30-21/h2-3,6-9,11,13-14H,4-5,10,12H2,1H3,(H,23,28)(H2,25,26,29)/t13-,14-/m0/s1. The number of nitrogens with zero attached hydrogens (tertiary/aromatic N) is 2. The smallest absolute Gasteiger partial charge is 0.323 e. The summed E-state index contributed by atoms with van der Waals surface area (Å²) in [5, 5.41) is 4.15. The number of anilines is 1. The molecule has 2 aromatic heterocycles. The molecule has 8 heteroatoms. The quantitative estimate of drug-likeness (QED) is 0.469. The number of para-hydroxylation sites is 1. The third-order valence-electron chi connectivity index (χ3n) is 5.82. The zero-order valence-electron chi connectivity index (χ0n) is 16.6. The number of nitrogens with one attached hydrogen (secondary N) is 3. The molecule has 0 aliphatic carbocycles. The van der Waals surface area contributed by atoms with Crippen molar-refractivity contribution in [3.8, 4) is 0 Å². The molecule has 0 spiro atoms. The van der Waals surface area contributed by atoms with Crippen LogP contribution in [0.25, 0.3) is 21.3 Å². The Morgan fingerprint density at radius 2 is 2.07 bits per heavy atom. The highest BCUT2D eigenvalue weighted by Crippen LogP contribution is 2.33. The van der Waals surface area contributed by atoms with Gasteiger partial charge in [0.1, 0.15) is 0 Å². The lowest BCUT2D eigenvalue weighted by Gasteiger charge is -2.35. The van der Waals surface area contributed by atoms with E-state index in [2.05, 4.69) is 32.3 Å². The van der Waals surface area contributed by atoms with Crippen molar-refractivity contribution >= 4 is 44.2 Å². The van der Waals surface area contributed by atoms with Gasteiger partial charge in [-0.15, -0.1) is 11.3 Å². The fourth-order valence-electron chi connectivity index (χ4n) is 4.15. The summed E-state index contributed by atoms with van der Waals surface area (Å²) >= 11 is 1.76. The maximum atomic E-state index is 12.9. The molecule has 1 aliphatic heterocycles. The zero-order valence-corrected chi connectivity index (χ0v) is 17.5. The molecule has 3 heterocycles. The third kappa shape index (κ3) is 3.64. The second kappa shape index (κ2) is 7.70. The summed E-state index contributed by atoms with van der Waals surface area (Å²) in [5.41, 5.74) is 2.88. The van der Waals surface area contributed by atoms with Crippen molar-refractivity contribution in [1.82, 2.24) is 19.9 Å². The summed E-state index contributed by atoms with van der Waals surface area (Å²) in [5.74, 6) is 0.310. The van der Waals surface area contributed by atoms with Crippen LogP contribution in [0.1, 0.15) is 30.7 Å². The van der Waals surface area contributed by atoms with Gasteiger partial charge >= 0.3 is 5.69 Å². The molecule has 1 amide bonds. The highest BCUT2D eigenvalue weighted by atomic mass is 32.1. The summed E-state index contributed by atoms with van der Waals surface area (Å²) < 4.78 is 1.22. The van der Waals surface area contributed by atoms with Gasteiger partial charge < -0.3 is 15.3 Å². The van der Waals surface area contributed by atoms with Crippen LogP contribution in [0.3, 0.4) is 0 Å². The molecule has 2 atom stereocenters. The average molecular weight is 422 g/mol. The molecule has 30 heavy (non-hydrogen) atoms. The predicted molar refractivity (Wildman–Crippen MR) is 120 cm³/mol. The summed E-state index contributed by atoms with van der Waals surface area (Å²) in [4.78, 5) is 36.8. The van der Waals surface area contributed by atoms with Crippen molar-refractivity contribution in [3.63, 3.8) is 0 Å². The fourth-order valence-corrected chi connectivity index (χ4v) is 5.24. The Labute approximate surface area is 177 Å². The van der Waals surface area contributed by atoms with Crippen LogP contribution >= 0.6 is 11.3 Å². The van der Waals surface area contributed by atoms with Gasteiger partial charge in [0.05, 0.1) is 32.3 Å². The summed E-state index contributed by atoms with van der Waals surface area (Å²) in [6.45, 7) is 3.69. The number of aromatic amines is 2. The van der Waals surface area contributed by atoms with Crippen molar-refractivity contribution in [2.24, 2.45) is 0 Å². The number of amides is 1.